The highest BCUT2D eigenvalue weighted by Gasteiger charge is 2.56. The van der Waals surface area contributed by atoms with Gasteiger partial charge in [0, 0.05) is 49.1 Å². The first-order chi connectivity index (χ1) is 19.9. The second-order valence-electron chi connectivity index (χ2n) is 10.8. The molecule has 1 saturated heterocycles. The van der Waals surface area contributed by atoms with Crippen molar-refractivity contribution in [1.82, 2.24) is 10.6 Å². The molecule has 3 aliphatic rings. The number of rotatable bonds is 7. The number of anilines is 1. The third-order valence-corrected chi connectivity index (χ3v) is 8.14. The summed E-state index contributed by atoms with van der Waals surface area (Å²) >= 11 is 0. The number of nitrogens with one attached hydrogen (secondary N) is 2. The number of hydrogen-bond acceptors (Lipinski definition) is 9. The van der Waals surface area contributed by atoms with Gasteiger partial charge in [0.05, 0.1) is 17.1 Å². The van der Waals surface area contributed by atoms with Gasteiger partial charge < -0.3 is 30.5 Å². The highest BCUT2D eigenvalue weighted by Crippen LogP contribution is 2.57. The molecule has 1 fully saturated rings. The smallest absolute Gasteiger partial charge is 0.227 e. The van der Waals surface area contributed by atoms with Crippen LogP contribution in [0, 0.1) is 12.8 Å². The van der Waals surface area contributed by atoms with Crippen molar-refractivity contribution in [2.45, 2.75) is 39.5 Å². The average Bonchev–Trinajstić information content (AvgIpc) is 3.48. The van der Waals surface area contributed by atoms with Gasteiger partial charge in [-0.2, -0.15) is 0 Å². The molecule has 11 heteroatoms. The number of phenols is 2. The van der Waals surface area contributed by atoms with E-state index in [0.717, 1.165) is 11.8 Å². The Hall–Kier alpha value is -4.93. The van der Waals surface area contributed by atoms with Gasteiger partial charge in [0.15, 0.2) is 17.3 Å². The molecule has 11 nitrogen and oxygen atoms in total. The van der Waals surface area contributed by atoms with Gasteiger partial charge in [0.25, 0.3) is 0 Å². The van der Waals surface area contributed by atoms with Gasteiger partial charge in [-0.3, -0.25) is 24.0 Å². The second-order valence-corrected chi connectivity index (χ2v) is 10.8. The quantitative estimate of drug-likeness (QED) is 0.169. The molecule has 2 heterocycles. The fourth-order valence-corrected chi connectivity index (χ4v) is 5.77. The van der Waals surface area contributed by atoms with Gasteiger partial charge in [0.2, 0.25) is 11.8 Å². The van der Waals surface area contributed by atoms with Crippen LogP contribution in [0.1, 0.15) is 48.7 Å². The molecule has 0 aromatic heterocycles. The molecule has 2 aliphatic heterocycles. The largest absolute Gasteiger partial charge is 0.507 e. The number of ketones is 3. The maximum atomic E-state index is 13.9. The number of Topliss-reactive ketones (excluding diaryl/α,β-unsaturated/α-hetero) is 2. The summed E-state index contributed by atoms with van der Waals surface area (Å²) in [5.74, 6) is -3.73. The first-order valence-electron chi connectivity index (χ1n) is 13.5. The van der Waals surface area contributed by atoms with Crippen LogP contribution in [-0.4, -0.2) is 59.0 Å². The van der Waals surface area contributed by atoms with Crippen molar-refractivity contribution in [2.75, 3.05) is 24.5 Å². The maximum absolute atomic E-state index is 13.9. The molecular weight excluding hydrogens is 542 g/mol. The number of para-hydroxylation sites is 1. The van der Waals surface area contributed by atoms with Gasteiger partial charge >= 0.3 is 0 Å². The molecule has 1 unspecified atom stereocenters. The van der Waals surface area contributed by atoms with Crippen LogP contribution in [-0.2, 0) is 24.6 Å². The van der Waals surface area contributed by atoms with Crippen LogP contribution >= 0.6 is 0 Å². The third-order valence-electron chi connectivity index (χ3n) is 8.14. The SMILES string of the molecule is CC(=O)c1c(O)c(C)c(O)c2c1OC1=CC(=O)/C(=C(/C)NCCNC(=O)C3CC(=O)N(c4ccccc4)C3)C(=O)[C@]12C. The van der Waals surface area contributed by atoms with Gasteiger partial charge in [-0.15, -0.1) is 0 Å². The number of aromatic hydroxyl groups is 2. The number of nitrogens with zero attached hydrogens (tertiary/aromatic N) is 1. The fraction of sp³-hybridized carbons (Fsp3) is 0.323. The van der Waals surface area contributed by atoms with Crippen molar-refractivity contribution in [3.05, 3.63) is 70.1 Å². The zero-order chi connectivity index (χ0) is 30.5. The molecule has 0 bridgehead atoms. The number of carbonyl (C=O) groups excluding carboxylic acids is 5. The predicted octanol–water partition coefficient (Wildman–Crippen LogP) is 2.33. The molecule has 5 rings (SSSR count). The monoisotopic (exact) mass is 573 g/mol. The zero-order valence-electron chi connectivity index (χ0n) is 23.7. The summed E-state index contributed by atoms with van der Waals surface area (Å²) < 4.78 is 5.77. The minimum absolute atomic E-state index is 0.0139. The van der Waals surface area contributed by atoms with E-state index in [9.17, 15) is 34.2 Å². The lowest BCUT2D eigenvalue weighted by Gasteiger charge is -2.29. The Labute approximate surface area is 241 Å². The molecule has 2 aromatic rings. The molecule has 2 amide bonds. The third kappa shape index (κ3) is 4.41. The zero-order valence-corrected chi connectivity index (χ0v) is 23.7. The molecule has 42 heavy (non-hydrogen) atoms. The van der Waals surface area contributed by atoms with Crippen LogP contribution in [0.5, 0.6) is 17.2 Å². The Bertz CT molecular complexity index is 1620. The van der Waals surface area contributed by atoms with Crippen molar-refractivity contribution in [3.63, 3.8) is 0 Å². The van der Waals surface area contributed by atoms with E-state index in [-0.39, 0.29) is 77.3 Å². The number of hydrogen-bond donors (Lipinski definition) is 4. The van der Waals surface area contributed by atoms with E-state index in [1.165, 1.54) is 20.8 Å². The molecular formula is C31H31N3O8. The Balaban J connectivity index is 1.29. The van der Waals surface area contributed by atoms with Gasteiger partial charge in [-0.05, 0) is 39.8 Å². The van der Waals surface area contributed by atoms with Crippen molar-refractivity contribution in [3.8, 4) is 17.2 Å². The lowest BCUT2D eigenvalue weighted by molar-refractivity contribution is -0.126. The van der Waals surface area contributed by atoms with E-state index in [1.54, 1.807) is 11.8 Å². The summed E-state index contributed by atoms with van der Waals surface area (Å²) in [6.07, 6.45) is 1.25. The number of phenolic OH excluding ortho intramolecular Hbond substituents is 2. The number of fused-ring (bicyclic) bond motifs is 3. The van der Waals surface area contributed by atoms with Crippen molar-refractivity contribution < 1.29 is 38.9 Å². The number of amides is 2. The molecule has 218 valence electrons. The maximum Gasteiger partial charge on any atom is 0.227 e. The summed E-state index contributed by atoms with van der Waals surface area (Å²) in [6, 6.07) is 9.14. The van der Waals surface area contributed by atoms with E-state index in [0.29, 0.717) is 0 Å². The minimum atomic E-state index is -1.61. The summed E-state index contributed by atoms with van der Waals surface area (Å²) in [5, 5.41) is 27.2. The van der Waals surface area contributed by atoms with E-state index >= 15 is 0 Å². The first kappa shape index (κ1) is 28.6. The Kier molecular flexibility index (Phi) is 7.13. The highest BCUT2D eigenvalue weighted by molar-refractivity contribution is 6.31. The van der Waals surface area contributed by atoms with Gasteiger partial charge in [-0.1, -0.05) is 18.2 Å². The number of ether oxygens (including phenoxy) is 1. The number of benzene rings is 2. The standard InChI is InChI=1S/C31H31N3O8/c1-15-26(38)24(17(3)35)28-25(27(15)39)31(4)21(42-28)13-20(36)23(29(31)40)16(2)32-10-11-33-30(41)18-12-22(37)34(14-18)19-8-6-5-7-9-19/h5-9,13,18,32,38-39H,10-12,14H2,1-4H3,(H,33,41)/b23-16+/t18?,31-/m1/s1. The number of allylic oxidation sites excluding steroid dienone is 4. The van der Waals surface area contributed by atoms with Crippen LogP contribution < -0.4 is 20.3 Å². The van der Waals surface area contributed by atoms with Crippen LogP contribution in [0.4, 0.5) is 5.69 Å². The predicted molar refractivity (Wildman–Crippen MR) is 151 cm³/mol. The molecule has 2 aromatic carbocycles. The molecule has 0 radical (unpaired) electrons. The first-order valence-corrected chi connectivity index (χ1v) is 13.5. The summed E-state index contributed by atoms with van der Waals surface area (Å²) in [7, 11) is 0. The van der Waals surface area contributed by atoms with Gasteiger partial charge in [0.1, 0.15) is 34.0 Å². The Morgan fingerprint density at radius 2 is 1.71 bits per heavy atom. The van der Waals surface area contributed by atoms with Gasteiger partial charge in [-0.25, -0.2) is 0 Å². The number of carbonyl (C=O) groups is 5. The van der Waals surface area contributed by atoms with Crippen LogP contribution in [0.2, 0.25) is 0 Å². The summed E-state index contributed by atoms with van der Waals surface area (Å²) in [4.78, 5) is 66.0. The molecule has 0 saturated carbocycles. The minimum Gasteiger partial charge on any atom is -0.507 e. The van der Waals surface area contributed by atoms with E-state index in [2.05, 4.69) is 10.6 Å². The fourth-order valence-electron chi connectivity index (χ4n) is 5.77. The molecule has 2 atom stereocenters. The summed E-state index contributed by atoms with van der Waals surface area (Å²) in [5.41, 5.74) is -0.911. The summed E-state index contributed by atoms with van der Waals surface area (Å²) in [6.45, 7) is 6.34. The molecule has 1 aliphatic carbocycles. The lowest BCUT2D eigenvalue weighted by Crippen LogP contribution is -2.42. The highest BCUT2D eigenvalue weighted by atomic mass is 16.5. The van der Waals surface area contributed by atoms with Crippen LogP contribution in [0.3, 0.4) is 0 Å². The Morgan fingerprint density at radius 3 is 2.38 bits per heavy atom. The lowest BCUT2D eigenvalue weighted by atomic mass is 9.70. The topological polar surface area (TPSA) is 162 Å². The average molecular weight is 574 g/mol. The second kappa shape index (κ2) is 10.5. The Morgan fingerprint density at radius 1 is 1.05 bits per heavy atom. The van der Waals surface area contributed by atoms with E-state index in [4.69, 9.17) is 4.74 Å². The van der Waals surface area contributed by atoms with Crippen molar-refractivity contribution in [1.29, 1.82) is 0 Å². The van der Waals surface area contributed by atoms with Crippen molar-refractivity contribution in [2.24, 2.45) is 5.92 Å². The van der Waals surface area contributed by atoms with Crippen molar-refractivity contribution >= 4 is 34.9 Å². The van der Waals surface area contributed by atoms with E-state index in [1.807, 2.05) is 30.3 Å². The van der Waals surface area contributed by atoms with Crippen LogP contribution in [0.25, 0.3) is 0 Å². The normalized spacial score (nSPS) is 22.3. The van der Waals surface area contributed by atoms with E-state index < -0.39 is 40.2 Å². The van der Waals surface area contributed by atoms with Crippen LogP contribution in [0.15, 0.2) is 53.4 Å². The molecule has 0 spiro atoms. The molecule has 4 N–H and O–H groups in total.